The Bertz CT molecular complexity index is 682. The van der Waals surface area contributed by atoms with E-state index in [0.29, 0.717) is 12.6 Å². The maximum Gasteiger partial charge on any atom is 0.227 e. The van der Waals surface area contributed by atoms with E-state index in [1.165, 1.54) is 0 Å². The molecule has 2 aromatic heterocycles. The fourth-order valence-electron chi connectivity index (χ4n) is 2.25. The lowest BCUT2D eigenvalue weighted by molar-refractivity contribution is 0.0898. The van der Waals surface area contributed by atoms with Gasteiger partial charge in [-0.2, -0.15) is 9.97 Å². The van der Waals surface area contributed by atoms with E-state index in [9.17, 15) is 0 Å². The van der Waals surface area contributed by atoms with E-state index in [1.807, 2.05) is 16.8 Å². The van der Waals surface area contributed by atoms with Crippen LogP contribution >= 0.6 is 11.6 Å². The summed E-state index contributed by atoms with van der Waals surface area (Å²) in [6, 6.07) is 3.10. The van der Waals surface area contributed by atoms with Crippen LogP contribution in [-0.2, 0) is 11.5 Å². The number of hydrogen-bond donors (Lipinski definition) is 1. The number of nitrogens with zero attached hydrogens (tertiary/aromatic N) is 3. The summed E-state index contributed by atoms with van der Waals surface area (Å²) in [5, 5.41) is 4.24. The molecule has 1 saturated heterocycles. The minimum Gasteiger partial charge on any atom is -0.471 e. The molecule has 8 heteroatoms. The molecular formula is C15H23ClN4O2Si. The third kappa shape index (κ3) is 4.23. The number of nitrogens with one attached hydrogen (secondary N) is 1. The van der Waals surface area contributed by atoms with Gasteiger partial charge in [0, 0.05) is 34.0 Å². The summed E-state index contributed by atoms with van der Waals surface area (Å²) in [4.78, 5) is 8.55. The largest absolute Gasteiger partial charge is 0.471 e. The molecule has 0 aromatic carbocycles. The fourth-order valence-corrected chi connectivity index (χ4v) is 3.16. The smallest absolute Gasteiger partial charge is 0.227 e. The average molecular weight is 355 g/mol. The van der Waals surface area contributed by atoms with Crippen LogP contribution < -0.4 is 10.1 Å². The summed E-state index contributed by atoms with van der Waals surface area (Å²) < 4.78 is 13.6. The van der Waals surface area contributed by atoms with Gasteiger partial charge in [-0.05, 0) is 23.7 Å². The first-order valence-electron chi connectivity index (χ1n) is 7.90. The van der Waals surface area contributed by atoms with E-state index in [4.69, 9.17) is 21.1 Å². The van der Waals surface area contributed by atoms with Crippen LogP contribution in [-0.4, -0.2) is 48.4 Å². The molecular weight excluding hydrogens is 332 g/mol. The first-order valence-corrected chi connectivity index (χ1v) is 12.0. The van der Waals surface area contributed by atoms with Crippen molar-refractivity contribution in [1.82, 2.24) is 19.9 Å². The van der Waals surface area contributed by atoms with Crippen molar-refractivity contribution in [3.8, 4) is 5.88 Å². The molecule has 0 spiro atoms. The van der Waals surface area contributed by atoms with E-state index < -0.39 is 8.07 Å². The molecule has 0 amide bonds. The highest BCUT2D eigenvalue weighted by molar-refractivity contribution is 6.76. The zero-order valence-electron chi connectivity index (χ0n) is 13.8. The van der Waals surface area contributed by atoms with E-state index in [0.717, 1.165) is 36.8 Å². The molecule has 6 nitrogen and oxygen atoms in total. The highest BCUT2D eigenvalue weighted by atomic mass is 35.5. The van der Waals surface area contributed by atoms with Crippen LogP contribution in [0.4, 0.5) is 0 Å². The molecule has 2 aromatic rings. The highest BCUT2D eigenvalue weighted by Crippen LogP contribution is 2.26. The van der Waals surface area contributed by atoms with Crippen molar-refractivity contribution >= 4 is 30.7 Å². The van der Waals surface area contributed by atoms with Gasteiger partial charge < -0.3 is 19.4 Å². The quantitative estimate of drug-likeness (QED) is 0.470. The van der Waals surface area contributed by atoms with Crippen LogP contribution in [0, 0.1) is 0 Å². The van der Waals surface area contributed by atoms with Crippen LogP contribution in [0.5, 0.6) is 5.88 Å². The molecule has 23 heavy (non-hydrogen) atoms. The highest BCUT2D eigenvalue weighted by Gasteiger charge is 2.21. The lowest BCUT2D eigenvalue weighted by Gasteiger charge is -2.27. The van der Waals surface area contributed by atoms with Crippen molar-refractivity contribution in [2.24, 2.45) is 0 Å². The van der Waals surface area contributed by atoms with Gasteiger partial charge in [-0.25, -0.2) is 0 Å². The van der Waals surface area contributed by atoms with Gasteiger partial charge in [0.15, 0.2) is 5.65 Å². The zero-order chi connectivity index (χ0) is 16.4. The van der Waals surface area contributed by atoms with Gasteiger partial charge in [-0.3, -0.25) is 0 Å². The van der Waals surface area contributed by atoms with E-state index in [1.54, 1.807) is 0 Å². The Balaban J connectivity index is 1.71. The molecule has 0 bridgehead atoms. The van der Waals surface area contributed by atoms with Crippen LogP contribution in [0.25, 0.3) is 11.0 Å². The molecule has 0 atom stereocenters. The Morgan fingerprint density at radius 3 is 2.78 bits per heavy atom. The minimum atomic E-state index is -1.07. The minimum absolute atomic E-state index is 0.153. The van der Waals surface area contributed by atoms with Gasteiger partial charge in [-0.15, -0.1) is 0 Å². The molecule has 0 unspecified atom stereocenters. The zero-order valence-corrected chi connectivity index (χ0v) is 15.6. The lowest BCUT2D eigenvalue weighted by atomic mass is 10.2. The van der Waals surface area contributed by atoms with Gasteiger partial charge in [0.2, 0.25) is 11.2 Å². The SMILES string of the molecule is C[Si](C)(C)CCOCn1ccc2c(OC3CNC3)nc(Cl)nc21. The predicted molar refractivity (Wildman–Crippen MR) is 93.9 cm³/mol. The van der Waals surface area contributed by atoms with Crippen molar-refractivity contribution in [3.63, 3.8) is 0 Å². The summed E-state index contributed by atoms with van der Waals surface area (Å²) in [6.07, 6.45) is 2.09. The Hall–Kier alpha value is -1.15. The van der Waals surface area contributed by atoms with Crippen molar-refractivity contribution in [2.45, 2.75) is 38.5 Å². The molecule has 0 aliphatic carbocycles. The summed E-state index contributed by atoms with van der Waals surface area (Å²) in [5.74, 6) is 0.548. The molecule has 1 aliphatic rings. The second-order valence-electron chi connectivity index (χ2n) is 7.07. The number of rotatable bonds is 7. The standard InChI is InChI=1S/C15H23ClN4O2Si/c1-23(2,3)7-6-21-10-20-5-4-12-13(20)18-15(16)19-14(12)22-11-8-17-9-11/h4-5,11,17H,6-10H2,1-3H3. The van der Waals surface area contributed by atoms with Gasteiger partial charge in [0.25, 0.3) is 0 Å². The van der Waals surface area contributed by atoms with Gasteiger partial charge in [-0.1, -0.05) is 19.6 Å². The van der Waals surface area contributed by atoms with Gasteiger partial charge in [0.05, 0.1) is 5.39 Å². The maximum absolute atomic E-state index is 6.05. The summed E-state index contributed by atoms with van der Waals surface area (Å²) in [5.41, 5.74) is 0.750. The van der Waals surface area contributed by atoms with Crippen molar-refractivity contribution in [3.05, 3.63) is 17.5 Å². The number of aromatic nitrogens is 3. The molecule has 3 rings (SSSR count). The Morgan fingerprint density at radius 2 is 2.13 bits per heavy atom. The topological polar surface area (TPSA) is 61.2 Å². The van der Waals surface area contributed by atoms with Crippen LogP contribution in [0.3, 0.4) is 0 Å². The monoisotopic (exact) mass is 354 g/mol. The molecule has 126 valence electrons. The number of fused-ring (bicyclic) bond motifs is 1. The molecule has 3 heterocycles. The van der Waals surface area contributed by atoms with Gasteiger partial charge in [0.1, 0.15) is 12.8 Å². The van der Waals surface area contributed by atoms with E-state index in [-0.39, 0.29) is 11.4 Å². The molecule has 0 saturated carbocycles. The molecule has 1 N–H and O–H groups in total. The van der Waals surface area contributed by atoms with Crippen molar-refractivity contribution in [2.75, 3.05) is 19.7 Å². The average Bonchev–Trinajstić information content (AvgIpc) is 2.81. The third-order valence-corrected chi connectivity index (χ3v) is 5.68. The van der Waals surface area contributed by atoms with E-state index in [2.05, 4.69) is 34.9 Å². The van der Waals surface area contributed by atoms with Crippen LogP contribution in [0.1, 0.15) is 0 Å². The van der Waals surface area contributed by atoms with Gasteiger partial charge >= 0.3 is 0 Å². The fraction of sp³-hybridized carbons (Fsp3) is 0.600. The van der Waals surface area contributed by atoms with Crippen LogP contribution in [0.2, 0.25) is 31.0 Å². The first kappa shape index (κ1) is 16.7. The first-order chi connectivity index (χ1) is 10.9. The third-order valence-electron chi connectivity index (χ3n) is 3.81. The molecule has 1 fully saturated rings. The molecule has 1 aliphatic heterocycles. The summed E-state index contributed by atoms with van der Waals surface area (Å²) >= 11 is 6.05. The Morgan fingerprint density at radius 1 is 1.35 bits per heavy atom. The van der Waals surface area contributed by atoms with Crippen molar-refractivity contribution < 1.29 is 9.47 Å². The second kappa shape index (κ2) is 6.76. The summed E-state index contributed by atoms with van der Waals surface area (Å²) in [7, 11) is -1.07. The summed E-state index contributed by atoms with van der Waals surface area (Å²) in [6.45, 7) is 9.93. The second-order valence-corrected chi connectivity index (χ2v) is 13.0. The van der Waals surface area contributed by atoms with Crippen LogP contribution in [0.15, 0.2) is 12.3 Å². The normalized spacial score (nSPS) is 15.8. The van der Waals surface area contributed by atoms with Crippen molar-refractivity contribution in [1.29, 1.82) is 0 Å². The predicted octanol–water partition coefficient (Wildman–Crippen LogP) is 2.75. The number of halogens is 1. The Kier molecular flexibility index (Phi) is 4.91. The number of hydrogen-bond acceptors (Lipinski definition) is 5. The molecule has 0 radical (unpaired) electrons. The Labute approximate surface area is 142 Å². The van der Waals surface area contributed by atoms with E-state index >= 15 is 0 Å². The maximum atomic E-state index is 6.05. The lowest BCUT2D eigenvalue weighted by Crippen LogP contribution is -2.50. The number of ether oxygens (including phenoxy) is 2.